The van der Waals surface area contributed by atoms with Gasteiger partial charge in [0.25, 0.3) is 5.91 Å². The molecular formula is C23H22BrNO5. The average molecular weight is 472 g/mol. The maximum atomic E-state index is 12.5. The predicted molar refractivity (Wildman–Crippen MR) is 119 cm³/mol. The van der Waals surface area contributed by atoms with Crippen molar-refractivity contribution in [2.75, 3.05) is 27.3 Å². The summed E-state index contributed by atoms with van der Waals surface area (Å²) in [5, 5.41) is 0.879. The van der Waals surface area contributed by atoms with Gasteiger partial charge in [-0.1, -0.05) is 24.3 Å². The molecular weight excluding hydrogens is 450 g/mol. The van der Waals surface area contributed by atoms with Crippen LogP contribution in [-0.2, 0) is 4.79 Å². The maximum Gasteiger partial charge on any atom is 0.259 e. The lowest BCUT2D eigenvalue weighted by molar-refractivity contribution is -0.130. The summed E-state index contributed by atoms with van der Waals surface area (Å²) in [4.78, 5) is 25.8. The Labute approximate surface area is 183 Å². The van der Waals surface area contributed by atoms with E-state index in [0.29, 0.717) is 28.2 Å². The molecule has 0 spiro atoms. The van der Waals surface area contributed by atoms with Gasteiger partial charge in [-0.2, -0.15) is 0 Å². The SMILES string of the molecule is CCOc1cc(C=CC(=O)c2cc3ccccc3o2)cc(Br)c1OCC(=O)N(C)C. The number of fused-ring (bicyclic) bond motifs is 1. The zero-order valence-electron chi connectivity index (χ0n) is 17.0. The molecule has 3 rings (SSSR count). The third-order valence-corrected chi connectivity index (χ3v) is 4.86. The summed E-state index contributed by atoms with van der Waals surface area (Å²) >= 11 is 3.46. The van der Waals surface area contributed by atoms with Gasteiger partial charge in [-0.05, 0) is 58.8 Å². The summed E-state index contributed by atoms with van der Waals surface area (Å²) in [7, 11) is 3.33. The number of ether oxygens (including phenoxy) is 2. The number of para-hydroxylation sites is 1. The van der Waals surface area contributed by atoms with Crippen molar-refractivity contribution >= 4 is 44.7 Å². The number of amides is 1. The van der Waals surface area contributed by atoms with Crippen molar-refractivity contribution in [3.63, 3.8) is 0 Å². The van der Waals surface area contributed by atoms with Gasteiger partial charge in [-0.25, -0.2) is 0 Å². The molecule has 1 aromatic heterocycles. The first-order chi connectivity index (χ1) is 14.4. The van der Waals surface area contributed by atoms with Crippen molar-refractivity contribution in [1.82, 2.24) is 4.90 Å². The number of halogens is 1. The number of hydrogen-bond acceptors (Lipinski definition) is 5. The Kier molecular flexibility index (Phi) is 6.95. The zero-order valence-corrected chi connectivity index (χ0v) is 18.6. The Morgan fingerprint density at radius 1 is 1.13 bits per heavy atom. The standard InChI is InChI=1S/C23H22BrNO5/c1-4-28-21-12-15(11-17(24)23(21)29-14-22(27)25(2)3)9-10-18(26)20-13-16-7-5-6-8-19(16)30-20/h5-13H,4,14H2,1-3H3. The molecule has 6 nitrogen and oxygen atoms in total. The zero-order chi connectivity index (χ0) is 21.7. The molecule has 0 saturated heterocycles. The van der Waals surface area contributed by atoms with Gasteiger partial charge < -0.3 is 18.8 Å². The number of furan rings is 1. The predicted octanol–water partition coefficient (Wildman–Crippen LogP) is 4.96. The molecule has 0 aliphatic carbocycles. The Morgan fingerprint density at radius 2 is 1.90 bits per heavy atom. The summed E-state index contributed by atoms with van der Waals surface area (Å²) in [5.74, 6) is 0.794. The summed E-state index contributed by atoms with van der Waals surface area (Å²) in [6.45, 7) is 2.18. The molecule has 0 unspecified atom stereocenters. The molecule has 30 heavy (non-hydrogen) atoms. The number of rotatable bonds is 8. The van der Waals surface area contributed by atoms with Crippen molar-refractivity contribution in [2.24, 2.45) is 0 Å². The first kappa shape index (κ1) is 21.6. The van der Waals surface area contributed by atoms with Crippen LogP contribution in [0.25, 0.3) is 17.0 Å². The van der Waals surface area contributed by atoms with E-state index in [4.69, 9.17) is 13.9 Å². The minimum Gasteiger partial charge on any atom is -0.490 e. The minimum absolute atomic E-state index is 0.106. The monoisotopic (exact) mass is 471 g/mol. The summed E-state index contributed by atoms with van der Waals surface area (Å²) < 4.78 is 17.6. The number of nitrogens with zero attached hydrogens (tertiary/aromatic N) is 1. The fourth-order valence-corrected chi connectivity index (χ4v) is 3.28. The lowest BCUT2D eigenvalue weighted by Gasteiger charge is -2.16. The van der Waals surface area contributed by atoms with Gasteiger partial charge in [0.1, 0.15) is 5.58 Å². The highest BCUT2D eigenvalue weighted by Gasteiger charge is 2.15. The quantitative estimate of drug-likeness (QED) is 0.343. The van der Waals surface area contributed by atoms with Gasteiger partial charge in [0.05, 0.1) is 11.1 Å². The average Bonchev–Trinajstić information content (AvgIpc) is 3.15. The number of hydrogen-bond donors (Lipinski definition) is 0. The first-order valence-corrected chi connectivity index (χ1v) is 10.2. The van der Waals surface area contributed by atoms with Crippen LogP contribution < -0.4 is 9.47 Å². The molecule has 0 aliphatic rings. The van der Waals surface area contributed by atoms with Crippen molar-refractivity contribution in [3.05, 3.63) is 64.3 Å². The first-order valence-electron chi connectivity index (χ1n) is 9.39. The highest BCUT2D eigenvalue weighted by molar-refractivity contribution is 9.10. The molecule has 0 aliphatic heterocycles. The summed E-state index contributed by atoms with van der Waals surface area (Å²) in [6.07, 6.45) is 3.13. The van der Waals surface area contributed by atoms with Gasteiger partial charge in [0.2, 0.25) is 5.78 Å². The second kappa shape index (κ2) is 9.63. The van der Waals surface area contributed by atoms with Gasteiger partial charge >= 0.3 is 0 Å². The molecule has 1 amide bonds. The van der Waals surface area contributed by atoms with E-state index >= 15 is 0 Å². The molecule has 0 saturated carbocycles. The van der Waals surface area contributed by atoms with Gasteiger partial charge in [0.15, 0.2) is 23.9 Å². The van der Waals surface area contributed by atoms with Gasteiger partial charge in [0, 0.05) is 19.5 Å². The van der Waals surface area contributed by atoms with Crippen LogP contribution in [0.2, 0.25) is 0 Å². The molecule has 156 valence electrons. The fourth-order valence-electron chi connectivity index (χ4n) is 2.71. The number of carbonyl (C=O) groups excluding carboxylic acids is 2. The minimum atomic E-state index is -0.239. The third kappa shape index (κ3) is 5.10. The van der Waals surface area contributed by atoms with Crippen LogP contribution in [0, 0.1) is 0 Å². The molecule has 3 aromatic rings. The number of ketones is 1. The Hall–Kier alpha value is -3.06. The Balaban J connectivity index is 1.81. The summed E-state index contributed by atoms with van der Waals surface area (Å²) in [6, 6.07) is 12.7. The Bertz CT molecular complexity index is 1070. The van der Waals surface area contributed by atoms with E-state index in [2.05, 4.69) is 15.9 Å². The van der Waals surface area contributed by atoms with Crippen molar-refractivity contribution in [1.29, 1.82) is 0 Å². The topological polar surface area (TPSA) is 69.0 Å². The second-order valence-corrected chi connectivity index (χ2v) is 7.54. The molecule has 1 heterocycles. The molecule has 0 atom stereocenters. The van der Waals surface area contributed by atoms with Crippen molar-refractivity contribution in [3.8, 4) is 11.5 Å². The number of carbonyl (C=O) groups is 2. The number of allylic oxidation sites excluding steroid dienone is 1. The molecule has 0 radical (unpaired) electrons. The highest BCUT2D eigenvalue weighted by atomic mass is 79.9. The van der Waals surface area contributed by atoms with Gasteiger partial charge in [-0.15, -0.1) is 0 Å². The van der Waals surface area contributed by atoms with Crippen LogP contribution in [-0.4, -0.2) is 43.9 Å². The third-order valence-electron chi connectivity index (χ3n) is 4.27. The lowest BCUT2D eigenvalue weighted by Crippen LogP contribution is -2.27. The molecule has 0 fully saturated rings. The van der Waals surface area contributed by atoms with Crippen molar-refractivity contribution < 1.29 is 23.5 Å². The smallest absolute Gasteiger partial charge is 0.259 e. The van der Waals surface area contributed by atoms with Crippen LogP contribution in [0.4, 0.5) is 0 Å². The van der Waals surface area contributed by atoms with Crippen LogP contribution in [0.15, 0.2) is 57.4 Å². The lowest BCUT2D eigenvalue weighted by atomic mass is 10.1. The van der Waals surface area contributed by atoms with Crippen LogP contribution >= 0.6 is 15.9 Å². The number of likely N-dealkylation sites (N-methyl/N-ethyl adjacent to an activating group) is 1. The molecule has 0 bridgehead atoms. The van der Waals surface area contributed by atoms with Crippen LogP contribution in [0.5, 0.6) is 11.5 Å². The summed E-state index contributed by atoms with van der Waals surface area (Å²) in [5.41, 5.74) is 1.41. The van der Waals surface area contributed by atoms with Crippen LogP contribution in [0.1, 0.15) is 23.0 Å². The van der Waals surface area contributed by atoms with Gasteiger partial charge in [-0.3, -0.25) is 9.59 Å². The van der Waals surface area contributed by atoms with E-state index in [0.717, 1.165) is 10.9 Å². The molecule has 7 heteroatoms. The van der Waals surface area contributed by atoms with E-state index in [1.165, 1.54) is 11.0 Å². The van der Waals surface area contributed by atoms with Crippen molar-refractivity contribution in [2.45, 2.75) is 6.92 Å². The van der Waals surface area contributed by atoms with E-state index < -0.39 is 0 Å². The highest BCUT2D eigenvalue weighted by Crippen LogP contribution is 2.37. The second-order valence-electron chi connectivity index (χ2n) is 6.69. The fraction of sp³-hybridized carbons (Fsp3) is 0.217. The number of benzene rings is 2. The van der Waals surface area contributed by atoms with E-state index in [1.54, 1.807) is 38.4 Å². The van der Waals surface area contributed by atoms with E-state index in [1.807, 2.05) is 31.2 Å². The maximum absolute atomic E-state index is 12.5. The Morgan fingerprint density at radius 3 is 2.60 bits per heavy atom. The van der Waals surface area contributed by atoms with E-state index in [9.17, 15) is 9.59 Å². The van der Waals surface area contributed by atoms with E-state index in [-0.39, 0.29) is 24.1 Å². The normalized spacial score (nSPS) is 11.1. The molecule has 0 N–H and O–H groups in total. The largest absolute Gasteiger partial charge is 0.490 e. The molecule has 2 aromatic carbocycles. The van der Waals surface area contributed by atoms with Crippen LogP contribution in [0.3, 0.4) is 0 Å².